The molecule has 1 fully saturated rings. The van der Waals surface area contributed by atoms with Crippen LogP contribution in [-0.2, 0) is 4.74 Å². The van der Waals surface area contributed by atoms with E-state index in [1.54, 1.807) is 0 Å². The standard InChI is InChI=1S/C16H22BrClO2/c1-3-19-12-5-6-14(15(17)10-12)16(18)9-11-7-13(8-11)20-4-2/h5-6,10-11,13,16H,3-4,7-9H2,1-2H3. The van der Waals surface area contributed by atoms with Crippen LogP contribution in [0.15, 0.2) is 22.7 Å². The summed E-state index contributed by atoms with van der Waals surface area (Å²) in [6.07, 6.45) is 3.76. The van der Waals surface area contributed by atoms with Crippen LogP contribution < -0.4 is 4.74 Å². The monoisotopic (exact) mass is 360 g/mol. The van der Waals surface area contributed by atoms with Crippen molar-refractivity contribution >= 4 is 27.5 Å². The summed E-state index contributed by atoms with van der Waals surface area (Å²) in [5, 5.41) is 0.0487. The topological polar surface area (TPSA) is 18.5 Å². The van der Waals surface area contributed by atoms with Crippen LogP contribution in [0, 0.1) is 5.92 Å². The molecule has 0 bridgehead atoms. The first-order valence-corrected chi connectivity index (χ1v) is 8.54. The highest BCUT2D eigenvalue weighted by Gasteiger charge is 2.31. The van der Waals surface area contributed by atoms with Gasteiger partial charge in [0.25, 0.3) is 0 Å². The fourth-order valence-electron chi connectivity index (χ4n) is 2.68. The normalized spacial score (nSPS) is 23.2. The van der Waals surface area contributed by atoms with Gasteiger partial charge in [0.05, 0.1) is 18.1 Å². The molecule has 0 aromatic heterocycles. The van der Waals surface area contributed by atoms with E-state index in [1.807, 2.05) is 19.1 Å². The molecule has 1 saturated carbocycles. The number of benzene rings is 1. The van der Waals surface area contributed by atoms with Gasteiger partial charge in [-0.3, -0.25) is 0 Å². The van der Waals surface area contributed by atoms with Crippen molar-refractivity contribution in [2.24, 2.45) is 5.92 Å². The first-order valence-electron chi connectivity index (χ1n) is 7.31. The maximum atomic E-state index is 6.56. The lowest BCUT2D eigenvalue weighted by Crippen LogP contribution is -2.31. The Morgan fingerprint density at radius 3 is 2.65 bits per heavy atom. The van der Waals surface area contributed by atoms with Crippen LogP contribution in [0.3, 0.4) is 0 Å². The van der Waals surface area contributed by atoms with Gasteiger partial charge in [-0.05, 0) is 56.7 Å². The van der Waals surface area contributed by atoms with E-state index in [1.165, 1.54) is 0 Å². The molecule has 0 N–H and O–H groups in total. The molecule has 2 rings (SSSR count). The second-order valence-corrected chi connectivity index (χ2v) is 6.62. The van der Waals surface area contributed by atoms with Gasteiger partial charge in [-0.1, -0.05) is 22.0 Å². The minimum atomic E-state index is 0.0487. The van der Waals surface area contributed by atoms with Crippen LogP contribution in [0.2, 0.25) is 0 Å². The van der Waals surface area contributed by atoms with Crippen molar-refractivity contribution < 1.29 is 9.47 Å². The first kappa shape index (κ1) is 16.1. The average Bonchev–Trinajstić information content (AvgIpc) is 2.36. The third-order valence-corrected chi connectivity index (χ3v) is 4.86. The summed E-state index contributed by atoms with van der Waals surface area (Å²) in [7, 11) is 0. The Hall–Kier alpha value is -0.250. The third kappa shape index (κ3) is 4.12. The molecule has 0 heterocycles. The maximum absolute atomic E-state index is 6.56. The molecule has 1 aromatic carbocycles. The summed E-state index contributed by atoms with van der Waals surface area (Å²) in [5.41, 5.74) is 1.15. The number of alkyl halides is 1. The van der Waals surface area contributed by atoms with E-state index in [-0.39, 0.29) is 5.38 Å². The lowest BCUT2D eigenvalue weighted by molar-refractivity contribution is -0.0267. The molecule has 0 spiro atoms. The molecular formula is C16H22BrClO2. The van der Waals surface area contributed by atoms with Gasteiger partial charge in [0.1, 0.15) is 5.75 Å². The zero-order valence-electron chi connectivity index (χ0n) is 12.1. The van der Waals surface area contributed by atoms with Crippen molar-refractivity contribution in [2.75, 3.05) is 13.2 Å². The highest BCUT2D eigenvalue weighted by atomic mass is 79.9. The number of halogens is 2. The lowest BCUT2D eigenvalue weighted by atomic mass is 9.78. The number of rotatable bonds is 7. The Balaban J connectivity index is 1.88. The van der Waals surface area contributed by atoms with Crippen molar-refractivity contribution in [3.05, 3.63) is 28.2 Å². The fourth-order valence-corrected chi connectivity index (χ4v) is 3.88. The quantitative estimate of drug-likeness (QED) is 0.611. The third-order valence-electron chi connectivity index (χ3n) is 3.76. The Kier molecular flexibility index (Phi) is 6.19. The van der Waals surface area contributed by atoms with Crippen LogP contribution >= 0.6 is 27.5 Å². The van der Waals surface area contributed by atoms with Crippen molar-refractivity contribution in [1.82, 2.24) is 0 Å². The Morgan fingerprint density at radius 1 is 1.30 bits per heavy atom. The van der Waals surface area contributed by atoms with Gasteiger partial charge in [0, 0.05) is 11.1 Å². The predicted molar refractivity (Wildman–Crippen MR) is 86.7 cm³/mol. The molecule has 1 aromatic rings. The molecule has 1 aliphatic rings. The van der Waals surface area contributed by atoms with E-state index < -0.39 is 0 Å². The lowest BCUT2D eigenvalue weighted by Gasteiger charge is -2.36. The molecule has 4 heteroatoms. The molecular weight excluding hydrogens is 340 g/mol. The second-order valence-electron chi connectivity index (χ2n) is 5.23. The first-order chi connectivity index (χ1) is 9.63. The molecule has 0 saturated heterocycles. The zero-order chi connectivity index (χ0) is 14.5. The van der Waals surface area contributed by atoms with Gasteiger partial charge in [-0.25, -0.2) is 0 Å². The zero-order valence-corrected chi connectivity index (χ0v) is 14.4. The van der Waals surface area contributed by atoms with Gasteiger partial charge in [0.15, 0.2) is 0 Å². The summed E-state index contributed by atoms with van der Waals surface area (Å²) >= 11 is 10.2. The van der Waals surface area contributed by atoms with Crippen LogP contribution in [0.1, 0.15) is 44.1 Å². The van der Waals surface area contributed by atoms with Crippen molar-refractivity contribution in [3.8, 4) is 5.75 Å². The summed E-state index contributed by atoms with van der Waals surface area (Å²) in [6, 6.07) is 6.05. The van der Waals surface area contributed by atoms with Crippen molar-refractivity contribution in [2.45, 2.75) is 44.6 Å². The highest BCUT2D eigenvalue weighted by Crippen LogP contribution is 2.41. The molecule has 1 atom stereocenters. The molecule has 1 aliphatic carbocycles. The van der Waals surface area contributed by atoms with Gasteiger partial charge < -0.3 is 9.47 Å². The molecule has 1 unspecified atom stereocenters. The predicted octanol–water partition coefficient (Wildman–Crippen LogP) is 5.33. The minimum Gasteiger partial charge on any atom is -0.494 e. The molecule has 0 aliphatic heterocycles. The van der Waals surface area contributed by atoms with Gasteiger partial charge in [0.2, 0.25) is 0 Å². The fraction of sp³-hybridized carbons (Fsp3) is 0.625. The van der Waals surface area contributed by atoms with Gasteiger partial charge in [-0.15, -0.1) is 11.6 Å². The SMILES string of the molecule is CCOc1ccc(C(Cl)CC2CC(OCC)C2)c(Br)c1. The highest BCUT2D eigenvalue weighted by molar-refractivity contribution is 9.10. The van der Waals surface area contributed by atoms with E-state index in [9.17, 15) is 0 Å². The molecule has 0 radical (unpaired) electrons. The molecule has 2 nitrogen and oxygen atoms in total. The Bertz CT molecular complexity index is 432. The Labute approximate surface area is 134 Å². The number of hydrogen-bond donors (Lipinski definition) is 0. The summed E-state index contributed by atoms with van der Waals surface area (Å²) in [5.74, 6) is 1.57. The number of ether oxygens (including phenoxy) is 2. The minimum absolute atomic E-state index is 0.0487. The molecule has 0 amide bonds. The summed E-state index contributed by atoms with van der Waals surface area (Å²) in [6.45, 7) is 5.52. The van der Waals surface area contributed by atoms with E-state index in [2.05, 4.69) is 28.9 Å². The molecule has 20 heavy (non-hydrogen) atoms. The maximum Gasteiger partial charge on any atom is 0.120 e. The van der Waals surface area contributed by atoms with Crippen LogP contribution in [-0.4, -0.2) is 19.3 Å². The van der Waals surface area contributed by atoms with Crippen molar-refractivity contribution in [3.63, 3.8) is 0 Å². The summed E-state index contributed by atoms with van der Waals surface area (Å²) in [4.78, 5) is 0. The van der Waals surface area contributed by atoms with Crippen LogP contribution in [0.5, 0.6) is 5.75 Å². The van der Waals surface area contributed by atoms with Crippen LogP contribution in [0.25, 0.3) is 0 Å². The van der Waals surface area contributed by atoms with E-state index in [0.717, 1.165) is 41.7 Å². The van der Waals surface area contributed by atoms with E-state index >= 15 is 0 Å². The van der Waals surface area contributed by atoms with Gasteiger partial charge >= 0.3 is 0 Å². The van der Waals surface area contributed by atoms with E-state index in [0.29, 0.717) is 18.6 Å². The van der Waals surface area contributed by atoms with Crippen LogP contribution in [0.4, 0.5) is 0 Å². The summed E-state index contributed by atoms with van der Waals surface area (Å²) < 4.78 is 12.1. The smallest absolute Gasteiger partial charge is 0.120 e. The Morgan fingerprint density at radius 2 is 2.05 bits per heavy atom. The van der Waals surface area contributed by atoms with Gasteiger partial charge in [-0.2, -0.15) is 0 Å². The van der Waals surface area contributed by atoms with E-state index in [4.69, 9.17) is 21.1 Å². The second kappa shape index (κ2) is 7.67. The average molecular weight is 362 g/mol. The molecule has 112 valence electrons. The largest absolute Gasteiger partial charge is 0.494 e. The number of hydrogen-bond acceptors (Lipinski definition) is 2. The van der Waals surface area contributed by atoms with Crippen molar-refractivity contribution in [1.29, 1.82) is 0 Å².